The van der Waals surface area contributed by atoms with Crippen molar-refractivity contribution in [3.8, 4) is 0 Å². The second-order valence-corrected chi connectivity index (χ2v) is 4.60. The predicted molar refractivity (Wildman–Crippen MR) is 57.7 cm³/mol. The van der Waals surface area contributed by atoms with Crippen molar-refractivity contribution in [2.75, 3.05) is 13.7 Å². The summed E-state index contributed by atoms with van der Waals surface area (Å²) in [5.74, 6) is -0.255. The quantitative estimate of drug-likeness (QED) is 0.674. The zero-order valence-electron chi connectivity index (χ0n) is 10.0. The van der Waals surface area contributed by atoms with E-state index in [1.54, 1.807) is 0 Å². The van der Waals surface area contributed by atoms with Crippen LogP contribution in [0.25, 0.3) is 0 Å². The monoisotopic (exact) mass is 215 g/mol. The lowest BCUT2D eigenvalue weighted by atomic mass is 10.0. The van der Waals surface area contributed by atoms with Gasteiger partial charge in [0.1, 0.15) is 5.54 Å². The fraction of sp³-hybridized carbons (Fsp3) is 0.909. The summed E-state index contributed by atoms with van der Waals surface area (Å²) < 4.78 is 10.3. The van der Waals surface area contributed by atoms with Crippen LogP contribution in [0.2, 0.25) is 0 Å². The van der Waals surface area contributed by atoms with Crippen LogP contribution in [0.3, 0.4) is 0 Å². The number of carbonyl (C=O) groups excluding carboxylic acids is 1. The maximum absolute atomic E-state index is 11.6. The van der Waals surface area contributed by atoms with Crippen LogP contribution >= 0.6 is 0 Å². The Morgan fingerprint density at radius 1 is 1.53 bits per heavy atom. The Morgan fingerprint density at radius 2 is 2.13 bits per heavy atom. The number of methoxy groups -OCH3 is 1. The molecule has 0 saturated heterocycles. The highest BCUT2D eigenvalue weighted by atomic mass is 16.5. The molecule has 0 aromatic heterocycles. The Hall–Kier alpha value is -0.610. The van der Waals surface area contributed by atoms with Gasteiger partial charge in [-0.05, 0) is 33.6 Å². The van der Waals surface area contributed by atoms with E-state index in [9.17, 15) is 4.79 Å². The summed E-state index contributed by atoms with van der Waals surface area (Å²) in [4.78, 5) is 11.6. The van der Waals surface area contributed by atoms with Gasteiger partial charge in [-0.2, -0.15) is 0 Å². The number of nitrogens with one attached hydrogen (secondary N) is 1. The Balaban J connectivity index is 2.52. The van der Waals surface area contributed by atoms with Gasteiger partial charge in [-0.3, -0.25) is 5.32 Å². The Kier molecular flexibility index (Phi) is 4.11. The maximum atomic E-state index is 11.6. The topological polar surface area (TPSA) is 47.6 Å². The molecule has 4 nitrogen and oxygen atoms in total. The summed E-state index contributed by atoms with van der Waals surface area (Å²) in [6, 6.07) is 0.449. The van der Waals surface area contributed by atoms with Gasteiger partial charge in [0.25, 0.3) is 0 Å². The number of hydrogen-bond acceptors (Lipinski definition) is 4. The van der Waals surface area contributed by atoms with Crippen LogP contribution in [0.15, 0.2) is 0 Å². The average Bonchev–Trinajstić information content (AvgIpc) is 2.97. The SMILES string of the molecule is COC(=O)C(C)(COC(C)C)NC1CC1. The summed E-state index contributed by atoms with van der Waals surface area (Å²) in [7, 11) is 1.41. The lowest BCUT2D eigenvalue weighted by Gasteiger charge is -2.28. The van der Waals surface area contributed by atoms with Gasteiger partial charge >= 0.3 is 5.97 Å². The Labute approximate surface area is 91.3 Å². The van der Waals surface area contributed by atoms with Crippen molar-refractivity contribution in [1.29, 1.82) is 0 Å². The lowest BCUT2D eigenvalue weighted by Crippen LogP contribution is -2.55. The highest BCUT2D eigenvalue weighted by Crippen LogP contribution is 2.23. The molecule has 0 spiro atoms. The van der Waals surface area contributed by atoms with E-state index in [1.807, 2.05) is 20.8 Å². The van der Waals surface area contributed by atoms with Crippen molar-refractivity contribution in [2.24, 2.45) is 0 Å². The van der Waals surface area contributed by atoms with Crippen molar-refractivity contribution in [3.63, 3.8) is 0 Å². The first-order valence-electron chi connectivity index (χ1n) is 5.45. The Morgan fingerprint density at radius 3 is 2.53 bits per heavy atom. The standard InChI is InChI=1S/C11H21NO3/c1-8(2)15-7-11(3,10(13)14-4)12-9-5-6-9/h8-9,12H,5-7H2,1-4H3. The molecule has 1 unspecified atom stereocenters. The largest absolute Gasteiger partial charge is 0.468 e. The molecular formula is C11H21NO3. The van der Waals surface area contributed by atoms with Crippen LogP contribution in [-0.4, -0.2) is 37.4 Å². The minimum Gasteiger partial charge on any atom is -0.468 e. The van der Waals surface area contributed by atoms with Crippen LogP contribution in [0.5, 0.6) is 0 Å². The molecule has 0 heterocycles. The molecule has 1 aliphatic rings. The van der Waals surface area contributed by atoms with E-state index >= 15 is 0 Å². The maximum Gasteiger partial charge on any atom is 0.328 e. The normalized spacial score (nSPS) is 20.1. The molecule has 1 N–H and O–H groups in total. The van der Waals surface area contributed by atoms with Crippen LogP contribution in [0.1, 0.15) is 33.6 Å². The molecule has 1 rings (SSSR count). The van der Waals surface area contributed by atoms with Gasteiger partial charge in [-0.25, -0.2) is 4.79 Å². The lowest BCUT2D eigenvalue weighted by molar-refractivity contribution is -0.151. The first kappa shape index (κ1) is 12.5. The smallest absolute Gasteiger partial charge is 0.328 e. The number of esters is 1. The first-order chi connectivity index (χ1) is 6.98. The molecule has 0 radical (unpaired) electrons. The van der Waals surface area contributed by atoms with Gasteiger partial charge in [0.05, 0.1) is 19.8 Å². The van der Waals surface area contributed by atoms with E-state index in [1.165, 1.54) is 7.11 Å². The number of carbonyl (C=O) groups is 1. The summed E-state index contributed by atoms with van der Waals surface area (Å²) in [6.07, 6.45) is 2.39. The van der Waals surface area contributed by atoms with Gasteiger partial charge in [0, 0.05) is 6.04 Å². The molecule has 15 heavy (non-hydrogen) atoms. The van der Waals surface area contributed by atoms with Crippen LogP contribution in [-0.2, 0) is 14.3 Å². The van der Waals surface area contributed by atoms with Crippen molar-refractivity contribution in [1.82, 2.24) is 5.32 Å². The van der Waals surface area contributed by atoms with Crippen LogP contribution < -0.4 is 5.32 Å². The Bertz CT molecular complexity index is 226. The average molecular weight is 215 g/mol. The van der Waals surface area contributed by atoms with E-state index in [-0.39, 0.29) is 12.1 Å². The fourth-order valence-corrected chi connectivity index (χ4v) is 1.40. The minimum atomic E-state index is -0.708. The molecule has 1 saturated carbocycles. The summed E-state index contributed by atoms with van der Waals surface area (Å²) in [6.45, 7) is 6.09. The zero-order chi connectivity index (χ0) is 11.5. The van der Waals surface area contributed by atoms with Gasteiger partial charge in [-0.1, -0.05) is 0 Å². The molecule has 1 fully saturated rings. The molecular weight excluding hydrogens is 194 g/mol. The second kappa shape index (κ2) is 4.94. The van der Waals surface area contributed by atoms with Crippen molar-refractivity contribution < 1.29 is 14.3 Å². The molecule has 4 heteroatoms. The highest BCUT2D eigenvalue weighted by Gasteiger charge is 2.39. The third-order valence-corrected chi connectivity index (χ3v) is 2.44. The van der Waals surface area contributed by atoms with E-state index in [0.717, 1.165) is 12.8 Å². The summed E-state index contributed by atoms with van der Waals surface area (Å²) in [5, 5.41) is 3.27. The van der Waals surface area contributed by atoms with Crippen LogP contribution in [0, 0.1) is 0 Å². The molecule has 0 aromatic rings. The van der Waals surface area contributed by atoms with Gasteiger partial charge in [0.15, 0.2) is 0 Å². The van der Waals surface area contributed by atoms with E-state index < -0.39 is 5.54 Å². The van der Waals surface area contributed by atoms with Crippen molar-refractivity contribution >= 4 is 5.97 Å². The predicted octanol–water partition coefficient (Wildman–Crippen LogP) is 1.10. The van der Waals surface area contributed by atoms with Crippen molar-refractivity contribution in [3.05, 3.63) is 0 Å². The first-order valence-corrected chi connectivity index (χ1v) is 5.45. The zero-order valence-corrected chi connectivity index (χ0v) is 10.0. The molecule has 0 aromatic carbocycles. The van der Waals surface area contributed by atoms with E-state index in [4.69, 9.17) is 9.47 Å². The van der Waals surface area contributed by atoms with Gasteiger partial charge in [0.2, 0.25) is 0 Å². The molecule has 1 atom stereocenters. The van der Waals surface area contributed by atoms with Crippen LogP contribution in [0.4, 0.5) is 0 Å². The van der Waals surface area contributed by atoms with E-state index in [2.05, 4.69) is 5.32 Å². The van der Waals surface area contributed by atoms with Gasteiger partial charge < -0.3 is 9.47 Å². The summed E-state index contributed by atoms with van der Waals surface area (Å²) in [5.41, 5.74) is -0.708. The molecule has 0 amide bonds. The number of ether oxygens (including phenoxy) is 2. The number of hydrogen-bond donors (Lipinski definition) is 1. The third kappa shape index (κ3) is 3.80. The second-order valence-electron chi connectivity index (χ2n) is 4.60. The molecule has 1 aliphatic carbocycles. The minimum absolute atomic E-state index is 0.120. The third-order valence-electron chi connectivity index (χ3n) is 2.44. The van der Waals surface area contributed by atoms with Crippen molar-refractivity contribution in [2.45, 2.75) is 51.3 Å². The molecule has 0 bridgehead atoms. The number of rotatable bonds is 6. The molecule has 88 valence electrons. The molecule has 0 aliphatic heterocycles. The van der Waals surface area contributed by atoms with E-state index in [0.29, 0.717) is 12.6 Å². The summed E-state index contributed by atoms with van der Waals surface area (Å²) >= 11 is 0. The highest BCUT2D eigenvalue weighted by molar-refractivity contribution is 5.80. The fourth-order valence-electron chi connectivity index (χ4n) is 1.40. The van der Waals surface area contributed by atoms with Gasteiger partial charge in [-0.15, -0.1) is 0 Å².